The SMILES string of the molecule is CC(=O)OCOP(=O)(CC1CO1)OCOC(C)=O.CC(=O)OCOP(=O)(CC1OC1C)OCOC(C)=O.CC(=O)OCOP(=O)(CC1OC1C)OCOC(C)=O. The van der Waals surface area contributed by atoms with Crippen molar-refractivity contribution >= 4 is 58.6 Å². The summed E-state index contributed by atoms with van der Waals surface area (Å²) in [7, 11) is -10.6. The number of esters is 6. The van der Waals surface area contributed by atoms with Gasteiger partial charge < -0.3 is 42.6 Å². The maximum absolute atomic E-state index is 12.3. The van der Waals surface area contributed by atoms with E-state index in [4.69, 9.17) is 41.4 Å². The Morgan fingerprint density at radius 2 is 0.643 bits per heavy atom. The fourth-order valence-corrected chi connectivity index (χ4v) is 7.77. The summed E-state index contributed by atoms with van der Waals surface area (Å²) in [6.07, 6.45) is -0.680. The van der Waals surface area contributed by atoms with Gasteiger partial charge in [-0.3, -0.25) is 69.6 Å². The number of hydrogen-bond acceptors (Lipinski definition) is 24. The number of epoxide rings is 3. The van der Waals surface area contributed by atoms with E-state index in [9.17, 15) is 42.5 Å². The first-order chi connectivity index (χ1) is 26.1. The first-order valence-corrected chi connectivity index (χ1v) is 21.6. The van der Waals surface area contributed by atoms with Crippen LogP contribution in [0, 0.1) is 0 Å². The third kappa shape index (κ3) is 26.9. The van der Waals surface area contributed by atoms with E-state index in [2.05, 4.69) is 28.4 Å². The smallest absolute Gasteiger partial charge is 0.339 e. The average molecular weight is 875 g/mol. The van der Waals surface area contributed by atoms with Crippen LogP contribution in [0.15, 0.2) is 0 Å². The second-order valence-corrected chi connectivity index (χ2v) is 17.7. The van der Waals surface area contributed by atoms with Gasteiger partial charge in [0, 0.05) is 41.5 Å². The number of carbonyl (C=O) groups excluding carboxylic acids is 6. The highest BCUT2D eigenvalue weighted by Gasteiger charge is 2.44. The predicted molar refractivity (Wildman–Crippen MR) is 182 cm³/mol. The van der Waals surface area contributed by atoms with Gasteiger partial charge >= 0.3 is 58.6 Å². The van der Waals surface area contributed by atoms with Gasteiger partial charge in [0.1, 0.15) is 0 Å². The van der Waals surface area contributed by atoms with Gasteiger partial charge in [0.05, 0.1) is 55.6 Å². The van der Waals surface area contributed by atoms with Crippen LogP contribution >= 0.6 is 22.8 Å². The lowest BCUT2D eigenvalue weighted by Crippen LogP contribution is -2.12. The first-order valence-electron chi connectivity index (χ1n) is 16.4. The van der Waals surface area contributed by atoms with Gasteiger partial charge in [-0.2, -0.15) is 0 Å². The van der Waals surface area contributed by atoms with Gasteiger partial charge in [0.15, 0.2) is 0 Å². The third-order valence-corrected chi connectivity index (χ3v) is 11.8. The Morgan fingerprint density at radius 3 is 0.804 bits per heavy atom. The molecular formula is C29H49O24P3. The van der Waals surface area contributed by atoms with Gasteiger partial charge in [0.2, 0.25) is 40.8 Å². The summed E-state index contributed by atoms with van der Waals surface area (Å²) in [5.74, 6) is -3.40. The highest BCUT2D eigenvalue weighted by molar-refractivity contribution is 7.54. The lowest BCUT2D eigenvalue weighted by Gasteiger charge is -2.17. The maximum atomic E-state index is 12.3. The lowest BCUT2D eigenvalue weighted by atomic mass is 10.4. The first kappa shape index (κ1) is 51.2. The second kappa shape index (κ2) is 25.5. The molecule has 3 heterocycles. The van der Waals surface area contributed by atoms with E-state index in [1.54, 1.807) is 0 Å². The molecule has 0 aromatic rings. The van der Waals surface area contributed by atoms with Crippen LogP contribution in [0.5, 0.6) is 0 Å². The van der Waals surface area contributed by atoms with Crippen LogP contribution in [-0.2, 0) is 112 Å². The standard InChI is InChI=1S/2C10H17O8P.C9H15O8P/c2*1-7-10(18-7)4-19(13,16-5-14-8(2)11)17-6-15-9(3)12;1-7(10)14-5-16-18(12,4-9-3-13-9)17-6-15-8(2)11/h2*7,10H,4-6H2,1-3H3;9H,3-6H2,1-2H3. The van der Waals surface area contributed by atoms with Crippen LogP contribution < -0.4 is 0 Å². The van der Waals surface area contributed by atoms with E-state index in [0.717, 1.165) is 0 Å². The lowest BCUT2D eigenvalue weighted by molar-refractivity contribution is -0.151. The molecule has 0 aromatic heterocycles. The van der Waals surface area contributed by atoms with Crippen LogP contribution in [0.4, 0.5) is 0 Å². The van der Waals surface area contributed by atoms with Crippen molar-refractivity contribution in [3.8, 4) is 0 Å². The molecule has 56 heavy (non-hydrogen) atoms. The summed E-state index contributed by atoms with van der Waals surface area (Å²) in [6.45, 7) is 8.32. The fraction of sp³-hybridized carbons (Fsp3) is 0.793. The Hall–Kier alpha value is -2.85. The topological polar surface area (TPSA) is 302 Å². The Labute approximate surface area is 322 Å². The molecule has 0 spiro atoms. The molecule has 3 aliphatic heterocycles. The van der Waals surface area contributed by atoms with E-state index in [0.29, 0.717) is 6.61 Å². The molecule has 0 saturated carbocycles. The maximum Gasteiger partial charge on any atom is 0.339 e. The minimum atomic E-state index is -3.54. The highest BCUT2D eigenvalue weighted by atomic mass is 31.2. The summed E-state index contributed by atoms with van der Waals surface area (Å²) in [5.41, 5.74) is 0. The van der Waals surface area contributed by atoms with E-state index < -0.39 is 99.4 Å². The van der Waals surface area contributed by atoms with E-state index >= 15 is 0 Å². The number of carbonyl (C=O) groups is 6. The molecule has 5 atom stereocenters. The van der Waals surface area contributed by atoms with Crippen LogP contribution in [0.1, 0.15) is 55.4 Å². The Morgan fingerprint density at radius 1 is 0.446 bits per heavy atom. The molecule has 0 amide bonds. The largest absolute Gasteiger partial charge is 0.438 e. The molecule has 24 nitrogen and oxygen atoms in total. The van der Waals surface area contributed by atoms with Crippen LogP contribution in [-0.4, -0.2) is 132 Å². The summed E-state index contributed by atoms with van der Waals surface area (Å²) >= 11 is 0. The molecule has 0 bridgehead atoms. The van der Waals surface area contributed by atoms with Gasteiger partial charge in [-0.25, -0.2) is 0 Å². The van der Waals surface area contributed by atoms with Crippen molar-refractivity contribution in [1.82, 2.24) is 0 Å². The molecule has 3 saturated heterocycles. The highest BCUT2D eigenvalue weighted by Crippen LogP contribution is 2.53. The van der Waals surface area contributed by atoms with Gasteiger partial charge in [-0.05, 0) is 13.8 Å². The molecular weight excluding hydrogens is 825 g/mol. The van der Waals surface area contributed by atoms with Crippen molar-refractivity contribution < 1.29 is 112 Å². The Kier molecular flexibility index (Phi) is 23.3. The third-order valence-electron chi connectivity index (χ3n) is 6.38. The summed E-state index contributed by atoms with van der Waals surface area (Å²) in [4.78, 5) is 63.5. The summed E-state index contributed by atoms with van der Waals surface area (Å²) in [5, 5.41) is 0. The van der Waals surface area contributed by atoms with Crippen molar-refractivity contribution in [2.75, 3.05) is 65.9 Å². The quantitative estimate of drug-likeness (QED) is 0.0442. The molecule has 3 rings (SSSR count). The molecule has 0 aromatic carbocycles. The minimum absolute atomic E-state index is 0.0106. The molecule has 0 radical (unpaired) electrons. The molecule has 0 aliphatic carbocycles. The van der Waals surface area contributed by atoms with Gasteiger partial charge in [-0.1, -0.05) is 0 Å². The summed E-state index contributed by atoms with van der Waals surface area (Å²) < 4.78 is 108. The minimum Gasteiger partial charge on any atom is -0.438 e. The zero-order valence-corrected chi connectivity index (χ0v) is 34.8. The Balaban J connectivity index is 0.000000420. The Bertz CT molecular complexity index is 1310. The molecule has 3 aliphatic rings. The molecule has 27 heteroatoms. The van der Waals surface area contributed by atoms with Crippen molar-refractivity contribution in [2.24, 2.45) is 0 Å². The van der Waals surface area contributed by atoms with Crippen LogP contribution in [0.3, 0.4) is 0 Å². The van der Waals surface area contributed by atoms with Crippen molar-refractivity contribution in [3.05, 3.63) is 0 Å². The van der Waals surface area contributed by atoms with E-state index in [1.165, 1.54) is 41.5 Å². The molecule has 5 unspecified atom stereocenters. The average Bonchev–Trinajstić information content (AvgIpc) is 4.00. The van der Waals surface area contributed by atoms with Gasteiger partial charge in [-0.15, -0.1) is 0 Å². The fourth-order valence-electron chi connectivity index (χ4n) is 3.27. The van der Waals surface area contributed by atoms with Crippen molar-refractivity contribution in [3.63, 3.8) is 0 Å². The molecule has 0 N–H and O–H groups in total. The van der Waals surface area contributed by atoms with Gasteiger partial charge in [0.25, 0.3) is 0 Å². The predicted octanol–water partition coefficient (Wildman–Crippen LogP) is 2.74. The monoisotopic (exact) mass is 874 g/mol. The summed E-state index contributed by atoms with van der Waals surface area (Å²) in [6, 6.07) is 0. The van der Waals surface area contributed by atoms with E-state index in [-0.39, 0.29) is 49.0 Å². The zero-order chi connectivity index (χ0) is 42.5. The molecule has 324 valence electrons. The molecule has 3 fully saturated rings. The second-order valence-electron chi connectivity index (χ2n) is 11.4. The van der Waals surface area contributed by atoms with Crippen LogP contribution in [0.2, 0.25) is 0 Å². The van der Waals surface area contributed by atoms with Crippen molar-refractivity contribution in [2.45, 2.75) is 85.9 Å². The van der Waals surface area contributed by atoms with Crippen LogP contribution in [0.25, 0.3) is 0 Å². The number of rotatable bonds is 24. The van der Waals surface area contributed by atoms with Crippen molar-refractivity contribution in [1.29, 1.82) is 0 Å². The normalized spacial score (nSPS) is 20.7. The van der Waals surface area contributed by atoms with E-state index in [1.807, 2.05) is 13.8 Å². The zero-order valence-electron chi connectivity index (χ0n) is 32.1. The number of ether oxygens (including phenoxy) is 9. The number of hydrogen-bond donors (Lipinski definition) is 0.